The highest BCUT2D eigenvalue weighted by atomic mass is 16.5. The Morgan fingerprint density at radius 2 is 2.05 bits per heavy atom. The Morgan fingerprint density at radius 3 is 2.67 bits per heavy atom. The zero-order valence-electron chi connectivity index (χ0n) is 13.2. The van der Waals surface area contributed by atoms with Crippen molar-refractivity contribution in [1.82, 2.24) is 9.97 Å². The van der Waals surface area contributed by atoms with Crippen LogP contribution in [0, 0.1) is 17.8 Å². The number of hydrogen-bond donors (Lipinski definition) is 2. The zero-order valence-corrected chi connectivity index (χ0v) is 13.2. The molecule has 116 valence electrons. The summed E-state index contributed by atoms with van der Waals surface area (Å²) in [5.74, 6) is 3.75. The van der Waals surface area contributed by atoms with Crippen molar-refractivity contribution in [3.8, 4) is 5.88 Å². The summed E-state index contributed by atoms with van der Waals surface area (Å²) in [4.78, 5) is 8.42. The van der Waals surface area contributed by atoms with E-state index in [1.165, 1.54) is 32.0 Å². The van der Waals surface area contributed by atoms with E-state index in [1.807, 2.05) is 13.8 Å². The lowest BCUT2D eigenvalue weighted by molar-refractivity contribution is 0.234. The number of aromatic nitrogens is 2. The van der Waals surface area contributed by atoms with Crippen molar-refractivity contribution in [1.29, 1.82) is 0 Å². The predicted octanol–water partition coefficient (Wildman–Crippen LogP) is 3.08. The number of fused-ring (bicyclic) bond motifs is 2. The van der Waals surface area contributed by atoms with E-state index in [0.717, 1.165) is 17.8 Å². The van der Waals surface area contributed by atoms with Crippen LogP contribution in [0.4, 0.5) is 11.5 Å². The van der Waals surface area contributed by atoms with Crippen LogP contribution in [0.1, 0.15) is 46.5 Å². The maximum Gasteiger partial charge on any atom is 0.242 e. The Labute approximate surface area is 126 Å². The highest BCUT2D eigenvalue weighted by Gasteiger charge is 2.41. The predicted molar refractivity (Wildman–Crippen MR) is 84.2 cm³/mol. The molecule has 0 amide bonds. The first kappa shape index (κ1) is 14.4. The van der Waals surface area contributed by atoms with Gasteiger partial charge < -0.3 is 15.8 Å². The van der Waals surface area contributed by atoms with E-state index >= 15 is 0 Å². The first-order valence-electron chi connectivity index (χ1n) is 8.08. The summed E-state index contributed by atoms with van der Waals surface area (Å²) >= 11 is 0. The fourth-order valence-electron chi connectivity index (χ4n) is 4.04. The highest BCUT2D eigenvalue weighted by molar-refractivity contribution is 5.66. The normalized spacial score (nSPS) is 28.9. The van der Waals surface area contributed by atoms with E-state index in [9.17, 15) is 0 Å². The van der Waals surface area contributed by atoms with Crippen LogP contribution >= 0.6 is 0 Å². The van der Waals surface area contributed by atoms with Crippen molar-refractivity contribution in [2.75, 3.05) is 11.1 Å². The third-order valence-electron chi connectivity index (χ3n) is 4.99. The van der Waals surface area contributed by atoms with Crippen LogP contribution in [0.15, 0.2) is 6.33 Å². The van der Waals surface area contributed by atoms with Gasteiger partial charge in [0, 0.05) is 6.04 Å². The molecular formula is C16H26N4O. The molecule has 4 unspecified atom stereocenters. The van der Waals surface area contributed by atoms with E-state index in [0.29, 0.717) is 23.4 Å². The first-order chi connectivity index (χ1) is 10.0. The molecular weight excluding hydrogens is 264 g/mol. The molecule has 0 saturated heterocycles. The maximum absolute atomic E-state index is 6.14. The molecule has 0 aromatic carbocycles. The minimum Gasteiger partial charge on any atom is -0.473 e. The SMILES string of the molecule is CC(C)Oc1ncnc(NC(C)C2CC3CCC2C3)c1N. The second-order valence-electron chi connectivity index (χ2n) is 6.88. The van der Waals surface area contributed by atoms with Crippen LogP contribution in [-0.2, 0) is 0 Å². The summed E-state index contributed by atoms with van der Waals surface area (Å²) in [6, 6.07) is 0.393. The number of nitrogens with one attached hydrogen (secondary N) is 1. The summed E-state index contributed by atoms with van der Waals surface area (Å²) < 4.78 is 5.63. The summed E-state index contributed by atoms with van der Waals surface area (Å²) in [6.07, 6.45) is 7.15. The Kier molecular flexibility index (Phi) is 3.91. The number of rotatable bonds is 5. The van der Waals surface area contributed by atoms with Crippen molar-refractivity contribution in [2.24, 2.45) is 17.8 Å². The first-order valence-corrected chi connectivity index (χ1v) is 8.08. The molecule has 3 N–H and O–H groups in total. The molecule has 2 bridgehead atoms. The molecule has 21 heavy (non-hydrogen) atoms. The van der Waals surface area contributed by atoms with Crippen molar-refractivity contribution < 1.29 is 4.74 Å². The second kappa shape index (κ2) is 5.70. The Morgan fingerprint density at radius 1 is 1.24 bits per heavy atom. The van der Waals surface area contributed by atoms with Crippen LogP contribution in [0.25, 0.3) is 0 Å². The molecule has 3 rings (SSSR count). The van der Waals surface area contributed by atoms with Gasteiger partial charge in [0.05, 0.1) is 6.10 Å². The number of nitrogen functional groups attached to an aromatic ring is 1. The molecule has 1 aromatic rings. The molecule has 1 aromatic heterocycles. The van der Waals surface area contributed by atoms with Crippen LogP contribution in [-0.4, -0.2) is 22.1 Å². The van der Waals surface area contributed by atoms with Crippen molar-refractivity contribution >= 4 is 11.5 Å². The van der Waals surface area contributed by atoms with Gasteiger partial charge in [0.25, 0.3) is 0 Å². The number of hydrogen-bond acceptors (Lipinski definition) is 5. The van der Waals surface area contributed by atoms with Gasteiger partial charge in [-0.05, 0) is 57.8 Å². The van der Waals surface area contributed by atoms with E-state index in [2.05, 4.69) is 22.2 Å². The Hall–Kier alpha value is -1.52. The van der Waals surface area contributed by atoms with E-state index in [1.54, 1.807) is 0 Å². The lowest BCUT2D eigenvalue weighted by Gasteiger charge is -2.29. The topological polar surface area (TPSA) is 73.1 Å². The van der Waals surface area contributed by atoms with Gasteiger partial charge in [0.2, 0.25) is 5.88 Å². The molecule has 2 fully saturated rings. The summed E-state index contributed by atoms with van der Waals surface area (Å²) in [6.45, 7) is 6.18. The third kappa shape index (κ3) is 2.92. The minimum atomic E-state index is 0.0537. The molecule has 2 aliphatic carbocycles. The molecule has 0 aliphatic heterocycles. The van der Waals surface area contributed by atoms with Crippen LogP contribution in [0.3, 0.4) is 0 Å². The Balaban J connectivity index is 1.69. The summed E-state index contributed by atoms with van der Waals surface area (Å²) in [7, 11) is 0. The lowest BCUT2D eigenvalue weighted by Crippen LogP contribution is -2.30. The molecule has 2 saturated carbocycles. The number of nitrogens with zero attached hydrogens (tertiary/aromatic N) is 2. The van der Waals surface area contributed by atoms with Gasteiger partial charge in [-0.3, -0.25) is 0 Å². The van der Waals surface area contributed by atoms with Crippen molar-refractivity contribution in [3.05, 3.63) is 6.33 Å². The van der Waals surface area contributed by atoms with E-state index in [-0.39, 0.29) is 6.10 Å². The molecule has 1 heterocycles. The van der Waals surface area contributed by atoms with E-state index < -0.39 is 0 Å². The van der Waals surface area contributed by atoms with Gasteiger partial charge in [-0.25, -0.2) is 4.98 Å². The number of ether oxygens (including phenoxy) is 1. The van der Waals surface area contributed by atoms with Gasteiger partial charge in [0.1, 0.15) is 12.0 Å². The maximum atomic E-state index is 6.14. The van der Waals surface area contributed by atoms with Crippen LogP contribution < -0.4 is 15.8 Å². The molecule has 2 aliphatic rings. The summed E-state index contributed by atoms with van der Waals surface area (Å²) in [5, 5.41) is 3.49. The second-order valence-corrected chi connectivity index (χ2v) is 6.88. The van der Waals surface area contributed by atoms with Crippen molar-refractivity contribution in [3.63, 3.8) is 0 Å². The average Bonchev–Trinajstić information content (AvgIpc) is 3.05. The molecule has 5 nitrogen and oxygen atoms in total. The Bertz CT molecular complexity index is 505. The fraction of sp³-hybridized carbons (Fsp3) is 0.750. The van der Waals surface area contributed by atoms with Gasteiger partial charge in [-0.1, -0.05) is 6.42 Å². The number of anilines is 2. The minimum absolute atomic E-state index is 0.0537. The van der Waals surface area contributed by atoms with Gasteiger partial charge >= 0.3 is 0 Å². The average molecular weight is 290 g/mol. The smallest absolute Gasteiger partial charge is 0.242 e. The molecule has 0 radical (unpaired) electrons. The number of nitrogens with two attached hydrogens (primary N) is 1. The van der Waals surface area contributed by atoms with Crippen LogP contribution in [0.2, 0.25) is 0 Å². The zero-order chi connectivity index (χ0) is 15.0. The largest absolute Gasteiger partial charge is 0.473 e. The van der Waals surface area contributed by atoms with Gasteiger partial charge in [-0.15, -0.1) is 0 Å². The van der Waals surface area contributed by atoms with Crippen molar-refractivity contribution in [2.45, 2.75) is 58.6 Å². The quantitative estimate of drug-likeness (QED) is 0.871. The van der Waals surface area contributed by atoms with Crippen LogP contribution in [0.5, 0.6) is 5.88 Å². The van der Waals surface area contributed by atoms with E-state index in [4.69, 9.17) is 10.5 Å². The molecule has 4 atom stereocenters. The standard InChI is InChI=1S/C16H26N4O/c1-9(2)21-16-14(17)15(18-8-19-16)20-10(3)13-7-11-4-5-12(13)6-11/h8-13H,4-7,17H2,1-3H3,(H,18,19,20). The summed E-state index contributed by atoms with van der Waals surface area (Å²) in [5.41, 5.74) is 6.66. The monoisotopic (exact) mass is 290 g/mol. The highest BCUT2D eigenvalue weighted by Crippen LogP contribution is 2.50. The molecule has 0 spiro atoms. The molecule has 5 heteroatoms. The lowest BCUT2D eigenvalue weighted by atomic mass is 9.84. The third-order valence-corrected chi connectivity index (χ3v) is 4.99. The fourth-order valence-corrected chi connectivity index (χ4v) is 4.04. The van der Waals surface area contributed by atoms with Gasteiger partial charge in [-0.2, -0.15) is 4.98 Å². The van der Waals surface area contributed by atoms with Gasteiger partial charge in [0.15, 0.2) is 5.82 Å².